The Bertz CT molecular complexity index is 265. The molecule has 1 aromatic rings. The van der Waals surface area contributed by atoms with Crippen molar-refractivity contribution in [2.45, 2.75) is 6.10 Å². The van der Waals surface area contributed by atoms with E-state index in [0.29, 0.717) is 0 Å². The van der Waals surface area contributed by atoms with E-state index in [1.807, 2.05) is 5.92 Å². The third-order valence-electron chi connectivity index (χ3n) is 0.932. The van der Waals surface area contributed by atoms with Gasteiger partial charge in [0.15, 0.2) is 6.10 Å². The molecule has 0 aliphatic rings. The number of hydrogen-bond acceptors (Lipinski definition) is 3. The standard InChI is InChI=1S/C6H4FNOS/c1-2-5(9)4-3-10-6(7)8-4/h1,3,5,9H. The second-order valence-corrected chi connectivity index (χ2v) is 2.40. The second kappa shape index (κ2) is 2.78. The summed E-state index contributed by atoms with van der Waals surface area (Å²) in [4.78, 5) is 3.34. The predicted octanol–water partition coefficient (Wildman–Crippen LogP) is 0.949. The highest BCUT2D eigenvalue weighted by molar-refractivity contribution is 7.08. The van der Waals surface area contributed by atoms with E-state index in [2.05, 4.69) is 4.98 Å². The maximum absolute atomic E-state index is 12.2. The lowest BCUT2D eigenvalue weighted by atomic mass is 10.3. The summed E-state index contributed by atoms with van der Waals surface area (Å²) in [5.41, 5.74) is 0.199. The number of terminal acetylenes is 1. The van der Waals surface area contributed by atoms with Gasteiger partial charge in [-0.1, -0.05) is 17.3 Å². The normalized spacial score (nSPS) is 12.5. The Morgan fingerprint density at radius 1 is 1.90 bits per heavy atom. The molecule has 1 heterocycles. The number of nitrogens with zero attached hydrogens (tertiary/aromatic N) is 1. The van der Waals surface area contributed by atoms with Crippen LogP contribution in [0.25, 0.3) is 0 Å². The predicted molar refractivity (Wildman–Crippen MR) is 35.9 cm³/mol. The number of aromatic nitrogens is 1. The molecule has 1 unspecified atom stereocenters. The molecule has 1 N–H and O–H groups in total. The van der Waals surface area contributed by atoms with E-state index >= 15 is 0 Å². The molecule has 0 radical (unpaired) electrons. The first-order valence-electron chi connectivity index (χ1n) is 2.49. The zero-order valence-corrected chi connectivity index (χ0v) is 5.73. The molecule has 2 nitrogen and oxygen atoms in total. The molecular formula is C6H4FNOS. The van der Waals surface area contributed by atoms with E-state index in [9.17, 15) is 4.39 Å². The molecule has 1 rings (SSSR count). The molecule has 1 aromatic heterocycles. The summed E-state index contributed by atoms with van der Waals surface area (Å²) in [5.74, 6) is 2.03. The monoisotopic (exact) mass is 157 g/mol. The molecule has 0 fully saturated rings. The van der Waals surface area contributed by atoms with Crippen LogP contribution in [-0.4, -0.2) is 10.1 Å². The quantitative estimate of drug-likeness (QED) is 0.615. The van der Waals surface area contributed by atoms with E-state index < -0.39 is 11.4 Å². The Labute approximate surface area is 61.3 Å². The van der Waals surface area contributed by atoms with Crippen molar-refractivity contribution in [2.24, 2.45) is 0 Å². The maximum atomic E-state index is 12.2. The highest BCUT2D eigenvalue weighted by Gasteiger charge is 2.07. The van der Waals surface area contributed by atoms with Gasteiger partial charge in [-0.3, -0.25) is 0 Å². The van der Waals surface area contributed by atoms with Crippen molar-refractivity contribution in [3.05, 3.63) is 16.3 Å². The number of rotatable bonds is 1. The fraction of sp³-hybridized carbons (Fsp3) is 0.167. The van der Waals surface area contributed by atoms with Gasteiger partial charge in [0.05, 0.1) is 5.69 Å². The lowest BCUT2D eigenvalue weighted by Crippen LogP contribution is -1.92. The molecular weight excluding hydrogens is 153 g/mol. The van der Waals surface area contributed by atoms with Gasteiger partial charge in [0.25, 0.3) is 5.26 Å². The third-order valence-corrected chi connectivity index (χ3v) is 1.58. The van der Waals surface area contributed by atoms with Crippen LogP contribution in [0.1, 0.15) is 11.8 Å². The zero-order valence-electron chi connectivity index (χ0n) is 4.91. The van der Waals surface area contributed by atoms with Gasteiger partial charge in [0.1, 0.15) is 0 Å². The Kier molecular flexibility index (Phi) is 2.00. The largest absolute Gasteiger partial charge is 0.374 e. The number of aliphatic hydroxyl groups excluding tert-OH is 1. The van der Waals surface area contributed by atoms with Gasteiger partial charge in [-0.15, -0.1) is 6.42 Å². The van der Waals surface area contributed by atoms with Crippen molar-refractivity contribution in [1.82, 2.24) is 4.98 Å². The van der Waals surface area contributed by atoms with Crippen LogP contribution in [0.2, 0.25) is 0 Å². The van der Waals surface area contributed by atoms with Crippen LogP contribution in [0.3, 0.4) is 0 Å². The topological polar surface area (TPSA) is 33.1 Å². The van der Waals surface area contributed by atoms with Crippen molar-refractivity contribution < 1.29 is 9.50 Å². The third kappa shape index (κ3) is 1.32. The Morgan fingerprint density at radius 2 is 2.60 bits per heavy atom. The van der Waals surface area contributed by atoms with E-state index in [1.54, 1.807) is 0 Å². The summed E-state index contributed by atoms with van der Waals surface area (Å²) in [6, 6.07) is 0. The van der Waals surface area contributed by atoms with E-state index in [4.69, 9.17) is 11.5 Å². The molecule has 0 bridgehead atoms. The van der Waals surface area contributed by atoms with E-state index in [0.717, 1.165) is 11.3 Å². The average Bonchev–Trinajstić information content (AvgIpc) is 2.34. The summed E-state index contributed by atoms with van der Waals surface area (Å²) in [6.45, 7) is 0. The maximum Gasteiger partial charge on any atom is 0.269 e. The summed E-state index contributed by atoms with van der Waals surface area (Å²) in [5, 5.41) is 9.69. The van der Waals surface area contributed by atoms with Gasteiger partial charge in [0.2, 0.25) is 0 Å². The Hall–Kier alpha value is -0.920. The zero-order chi connectivity index (χ0) is 7.56. The summed E-state index contributed by atoms with van der Waals surface area (Å²) < 4.78 is 12.2. The number of thiazole rings is 1. The van der Waals surface area contributed by atoms with Gasteiger partial charge < -0.3 is 5.11 Å². The molecule has 10 heavy (non-hydrogen) atoms. The van der Waals surface area contributed by atoms with Crippen LogP contribution in [-0.2, 0) is 0 Å². The van der Waals surface area contributed by atoms with Crippen molar-refractivity contribution in [2.75, 3.05) is 0 Å². The average molecular weight is 157 g/mol. The fourth-order valence-electron chi connectivity index (χ4n) is 0.474. The van der Waals surface area contributed by atoms with E-state index in [-0.39, 0.29) is 5.69 Å². The molecule has 52 valence electrons. The number of halogens is 1. The van der Waals surface area contributed by atoms with Gasteiger partial charge in [-0.2, -0.15) is 4.39 Å². The van der Waals surface area contributed by atoms with Crippen molar-refractivity contribution in [3.8, 4) is 12.3 Å². The molecule has 0 saturated carbocycles. The Balaban J connectivity index is 2.87. The van der Waals surface area contributed by atoms with Crippen LogP contribution in [0.15, 0.2) is 5.38 Å². The molecule has 0 spiro atoms. The minimum atomic E-state index is -1.08. The molecule has 0 saturated heterocycles. The Morgan fingerprint density at radius 3 is 3.00 bits per heavy atom. The van der Waals surface area contributed by atoms with Crippen molar-refractivity contribution >= 4 is 11.3 Å². The van der Waals surface area contributed by atoms with Crippen molar-refractivity contribution in [1.29, 1.82) is 0 Å². The van der Waals surface area contributed by atoms with Gasteiger partial charge in [0, 0.05) is 5.38 Å². The lowest BCUT2D eigenvalue weighted by molar-refractivity contribution is 0.233. The highest BCUT2D eigenvalue weighted by atomic mass is 32.1. The molecule has 0 aliphatic heterocycles. The van der Waals surface area contributed by atoms with Gasteiger partial charge in [-0.25, -0.2) is 4.98 Å². The lowest BCUT2D eigenvalue weighted by Gasteiger charge is -1.93. The number of aliphatic hydroxyl groups is 1. The first-order valence-corrected chi connectivity index (χ1v) is 3.37. The minimum Gasteiger partial charge on any atom is -0.374 e. The van der Waals surface area contributed by atoms with Crippen LogP contribution >= 0.6 is 11.3 Å². The highest BCUT2D eigenvalue weighted by Crippen LogP contribution is 2.13. The second-order valence-electron chi connectivity index (χ2n) is 1.59. The fourth-order valence-corrected chi connectivity index (χ4v) is 1.03. The summed E-state index contributed by atoms with van der Waals surface area (Å²) >= 11 is 0.815. The first kappa shape index (κ1) is 7.19. The molecule has 0 aromatic carbocycles. The van der Waals surface area contributed by atoms with Crippen molar-refractivity contribution in [3.63, 3.8) is 0 Å². The van der Waals surface area contributed by atoms with Gasteiger partial charge in [-0.05, 0) is 0 Å². The van der Waals surface area contributed by atoms with E-state index in [1.165, 1.54) is 5.38 Å². The summed E-state index contributed by atoms with van der Waals surface area (Å²) in [7, 11) is 0. The SMILES string of the molecule is C#CC(O)c1csc(F)n1. The number of hydrogen-bond donors (Lipinski definition) is 1. The molecule has 4 heteroatoms. The molecule has 0 aliphatic carbocycles. The van der Waals surface area contributed by atoms with Gasteiger partial charge >= 0.3 is 0 Å². The molecule has 0 amide bonds. The smallest absolute Gasteiger partial charge is 0.269 e. The van der Waals surface area contributed by atoms with Crippen LogP contribution in [0.4, 0.5) is 4.39 Å². The van der Waals surface area contributed by atoms with Crippen LogP contribution < -0.4 is 0 Å². The molecule has 1 atom stereocenters. The van der Waals surface area contributed by atoms with Crippen LogP contribution in [0.5, 0.6) is 0 Å². The minimum absolute atomic E-state index is 0.199. The first-order chi connectivity index (χ1) is 4.74. The van der Waals surface area contributed by atoms with Crippen LogP contribution in [0, 0.1) is 17.6 Å². The summed E-state index contributed by atoms with van der Waals surface area (Å²) in [6.07, 6.45) is 3.77.